The number of hydrogen-bond acceptors (Lipinski definition) is 4. The third-order valence-corrected chi connectivity index (χ3v) is 3.10. The van der Waals surface area contributed by atoms with Crippen LogP contribution in [-0.4, -0.2) is 15.2 Å². The van der Waals surface area contributed by atoms with Crippen LogP contribution >= 0.6 is 11.6 Å². The number of halogens is 3. The maximum atomic E-state index is 13.0. The van der Waals surface area contributed by atoms with Gasteiger partial charge in [0.1, 0.15) is 17.4 Å². The zero-order valence-corrected chi connectivity index (χ0v) is 11.1. The summed E-state index contributed by atoms with van der Waals surface area (Å²) in [4.78, 5) is 4.06. The third kappa shape index (κ3) is 2.57. The summed E-state index contributed by atoms with van der Waals surface area (Å²) in [6.07, 6.45) is 0. The Hall–Kier alpha value is -2.47. The fraction of sp³-hybridized carbons (Fsp3) is 0. The van der Waals surface area contributed by atoms with E-state index in [0.29, 0.717) is 5.56 Å². The van der Waals surface area contributed by atoms with Gasteiger partial charge in [-0.2, -0.15) is 4.98 Å². The van der Waals surface area contributed by atoms with Gasteiger partial charge in [0.25, 0.3) is 5.89 Å². The van der Waals surface area contributed by atoms with Crippen LogP contribution < -0.4 is 0 Å². The number of hydrogen-bond donors (Lipinski definition) is 1. The van der Waals surface area contributed by atoms with Gasteiger partial charge < -0.3 is 9.63 Å². The molecule has 2 aromatic carbocycles. The summed E-state index contributed by atoms with van der Waals surface area (Å²) in [5.41, 5.74) is 0.572. The highest BCUT2D eigenvalue weighted by Gasteiger charge is 2.16. The fourth-order valence-electron chi connectivity index (χ4n) is 1.80. The average Bonchev–Trinajstić information content (AvgIpc) is 2.87. The van der Waals surface area contributed by atoms with Crippen molar-refractivity contribution in [3.05, 3.63) is 53.1 Å². The van der Waals surface area contributed by atoms with Crippen LogP contribution in [0.1, 0.15) is 0 Å². The Balaban J connectivity index is 2.03. The Morgan fingerprint density at radius 3 is 2.33 bits per heavy atom. The van der Waals surface area contributed by atoms with E-state index in [1.807, 2.05) is 0 Å². The van der Waals surface area contributed by atoms with Crippen molar-refractivity contribution in [2.75, 3.05) is 0 Å². The molecule has 0 fully saturated rings. The first-order chi connectivity index (χ1) is 10.0. The Morgan fingerprint density at radius 2 is 1.67 bits per heavy atom. The van der Waals surface area contributed by atoms with Crippen molar-refractivity contribution in [2.45, 2.75) is 0 Å². The Labute approximate surface area is 122 Å². The number of nitrogens with zero attached hydrogens (tertiary/aromatic N) is 2. The quantitative estimate of drug-likeness (QED) is 0.776. The van der Waals surface area contributed by atoms with Crippen LogP contribution in [0.2, 0.25) is 5.02 Å². The monoisotopic (exact) mass is 308 g/mol. The van der Waals surface area contributed by atoms with Crippen molar-refractivity contribution in [1.82, 2.24) is 10.1 Å². The minimum atomic E-state index is -0.586. The Morgan fingerprint density at radius 1 is 1.00 bits per heavy atom. The predicted molar refractivity (Wildman–Crippen MR) is 71.8 cm³/mol. The van der Waals surface area contributed by atoms with Crippen molar-refractivity contribution in [3.63, 3.8) is 0 Å². The topological polar surface area (TPSA) is 59.2 Å². The molecule has 0 aliphatic carbocycles. The summed E-state index contributed by atoms with van der Waals surface area (Å²) in [7, 11) is 0. The minimum Gasteiger partial charge on any atom is -0.507 e. The summed E-state index contributed by atoms with van der Waals surface area (Å²) in [5.74, 6) is -1.25. The van der Waals surface area contributed by atoms with Crippen molar-refractivity contribution in [2.24, 2.45) is 0 Å². The van der Waals surface area contributed by atoms with E-state index in [4.69, 9.17) is 16.1 Å². The van der Waals surface area contributed by atoms with E-state index in [1.54, 1.807) is 0 Å². The van der Waals surface area contributed by atoms with Gasteiger partial charge in [-0.1, -0.05) is 16.8 Å². The molecule has 3 rings (SSSR count). The Bertz CT molecular complexity index is 754. The predicted octanol–water partition coefficient (Wildman–Crippen LogP) is 4.04. The molecule has 0 amide bonds. The summed E-state index contributed by atoms with van der Waals surface area (Å²) < 4.78 is 31.0. The van der Waals surface area contributed by atoms with Gasteiger partial charge in [-0.05, 0) is 30.3 Å². The second-order valence-corrected chi connectivity index (χ2v) is 4.62. The highest BCUT2D eigenvalue weighted by molar-refractivity contribution is 6.33. The number of rotatable bonds is 2. The maximum Gasteiger partial charge on any atom is 0.262 e. The number of aromatic hydroxyl groups is 1. The Kier molecular flexibility index (Phi) is 3.31. The van der Waals surface area contributed by atoms with Crippen LogP contribution in [0.15, 0.2) is 40.9 Å². The van der Waals surface area contributed by atoms with Gasteiger partial charge in [0.15, 0.2) is 0 Å². The van der Waals surface area contributed by atoms with Crippen LogP contribution in [-0.2, 0) is 0 Å². The summed E-state index contributed by atoms with van der Waals surface area (Å²) in [6, 6.07) is 7.16. The zero-order valence-electron chi connectivity index (χ0n) is 10.3. The molecule has 0 atom stereocenters. The van der Waals surface area contributed by atoms with E-state index in [2.05, 4.69) is 10.1 Å². The van der Waals surface area contributed by atoms with Crippen molar-refractivity contribution >= 4 is 11.6 Å². The summed E-state index contributed by atoms with van der Waals surface area (Å²) in [5, 5.41) is 13.5. The average molecular weight is 309 g/mol. The van der Waals surface area contributed by atoms with Gasteiger partial charge in [0.05, 0.1) is 10.6 Å². The number of phenolic OH excluding ortho intramolecular Hbond substituents is 1. The molecule has 7 heteroatoms. The van der Waals surface area contributed by atoms with Crippen LogP contribution in [0.3, 0.4) is 0 Å². The van der Waals surface area contributed by atoms with E-state index in [0.717, 1.165) is 18.2 Å². The number of aromatic nitrogens is 2. The van der Waals surface area contributed by atoms with E-state index in [-0.39, 0.29) is 28.1 Å². The number of benzene rings is 2. The van der Waals surface area contributed by atoms with Crippen molar-refractivity contribution < 1.29 is 18.4 Å². The molecular formula is C14H7ClF2N2O2. The van der Waals surface area contributed by atoms with Gasteiger partial charge in [0, 0.05) is 11.6 Å². The van der Waals surface area contributed by atoms with E-state index in [1.165, 1.54) is 18.2 Å². The molecule has 21 heavy (non-hydrogen) atoms. The fourth-order valence-corrected chi connectivity index (χ4v) is 2.05. The van der Waals surface area contributed by atoms with E-state index in [9.17, 15) is 13.9 Å². The first kappa shape index (κ1) is 13.5. The van der Waals surface area contributed by atoms with E-state index < -0.39 is 11.6 Å². The first-order valence-corrected chi connectivity index (χ1v) is 6.20. The second-order valence-electron chi connectivity index (χ2n) is 4.21. The van der Waals surface area contributed by atoms with Crippen LogP contribution in [0, 0.1) is 11.6 Å². The van der Waals surface area contributed by atoms with Crippen molar-refractivity contribution in [3.8, 4) is 28.6 Å². The molecule has 1 aromatic heterocycles. The normalized spacial score (nSPS) is 10.8. The molecule has 0 unspecified atom stereocenters. The molecule has 0 radical (unpaired) electrons. The lowest BCUT2D eigenvalue weighted by molar-refractivity contribution is 0.425. The van der Waals surface area contributed by atoms with Crippen molar-refractivity contribution in [1.29, 1.82) is 0 Å². The lowest BCUT2D eigenvalue weighted by Crippen LogP contribution is -1.85. The van der Waals surface area contributed by atoms with Gasteiger partial charge in [-0.15, -0.1) is 0 Å². The van der Waals surface area contributed by atoms with Crippen LogP contribution in [0.4, 0.5) is 8.78 Å². The molecule has 3 aromatic rings. The molecule has 0 aliphatic rings. The van der Waals surface area contributed by atoms with Gasteiger partial charge in [0.2, 0.25) is 5.82 Å². The molecule has 1 N–H and O–H groups in total. The van der Waals surface area contributed by atoms with Crippen LogP contribution in [0.5, 0.6) is 5.75 Å². The van der Waals surface area contributed by atoms with Gasteiger partial charge in [-0.25, -0.2) is 8.78 Å². The largest absolute Gasteiger partial charge is 0.507 e. The zero-order chi connectivity index (χ0) is 15.0. The molecule has 4 nitrogen and oxygen atoms in total. The minimum absolute atomic E-state index is 0.00268. The lowest BCUT2D eigenvalue weighted by Gasteiger charge is -1.99. The van der Waals surface area contributed by atoms with Crippen LogP contribution in [0.25, 0.3) is 22.8 Å². The summed E-state index contributed by atoms with van der Waals surface area (Å²) in [6.45, 7) is 0. The standard InChI is InChI=1S/C14H7ClF2N2O2/c15-11-5-7(16)1-3-9(11)13-18-14(21-19-13)10-4-2-8(17)6-12(10)20/h1-6,20H. The maximum absolute atomic E-state index is 13.0. The molecule has 1 heterocycles. The highest BCUT2D eigenvalue weighted by atomic mass is 35.5. The smallest absolute Gasteiger partial charge is 0.262 e. The molecule has 0 saturated carbocycles. The van der Waals surface area contributed by atoms with Gasteiger partial charge in [-0.3, -0.25) is 0 Å². The SMILES string of the molecule is Oc1cc(F)ccc1-c1nc(-c2ccc(F)cc2Cl)no1. The third-order valence-electron chi connectivity index (χ3n) is 2.79. The first-order valence-electron chi connectivity index (χ1n) is 5.82. The summed E-state index contributed by atoms with van der Waals surface area (Å²) >= 11 is 5.91. The van der Waals surface area contributed by atoms with Gasteiger partial charge >= 0.3 is 0 Å². The molecule has 106 valence electrons. The second kappa shape index (κ2) is 5.14. The molecule has 0 aliphatic heterocycles. The molecule has 0 saturated heterocycles. The highest BCUT2D eigenvalue weighted by Crippen LogP contribution is 2.32. The molecule has 0 bridgehead atoms. The molecule has 0 spiro atoms. The number of phenols is 1. The lowest BCUT2D eigenvalue weighted by atomic mass is 10.2. The molecular weight excluding hydrogens is 302 g/mol. The van der Waals surface area contributed by atoms with E-state index >= 15 is 0 Å².